The Morgan fingerprint density at radius 2 is 1.43 bits per heavy atom. The summed E-state index contributed by atoms with van der Waals surface area (Å²) in [6.45, 7) is 5.47. The lowest BCUT2D eigenvalue weighted by Crippen LogP contribution is -2.20. The standard InChI is InChI=1S/C19H32ClN/c1-3-5-6-7-8-9-10-11-12-19(21-4-2)17-13-15-18(20)16-14-17/h13-16,19,21H,3-12H2,1-2H3. The summed E-state index contributed by atoms with van der Waals surface area (Å²) in [7, 11) is 0. The van der Waals surface area contributed by atoms with Crippen molar-refractivity contribution in [2.24, 2.45) is 0 Å². The second kappa shape index (κ2) is 12.1. The molecule has 0 aliphatic rings. The van der Waals surface area contributed by atoms with Gasteiger partial charge in [-0.25, -0.2) is 0 Å². The number of rotatable bonds is 12. The lowest BCUT2D eigenvalue weighted by atomic mass is 9.99. The molecule has 0 spiro atoms. The second-order valence-electron chi connectivity index (χ2n) is 5.93. The summed E-state index contributed by atoms with van der Waals surface area (Å²) in [6, 6.07) is 8.78. The zero-order valence-electron chi connectivity index (χ0n) is 13.8. The first-order valence-electron chi connectivity index (χ1n) is 8.76. The molecule has 0 aromatic heterocycles. The van der Waals surface area contributed by atoms with E-state index < -0.39 is 0 Å². The zero-order chi connectivity index (χ0) is 15.3. The summed E-state index contributed by atoms with van der Waals surface area (Å²) < 4.78 is 0. The largest absolute Gasteiger partial charge is 0.310 e. The number of unbranched alkanes of at least 4 members (excludes halogenated alkanes) is 7. The van der Waals surface area contributed by atoms with Crippen LogP contribution in [0.25, 0.3) is 0 Å². The minimum absolute atomic E-state index is 0.479. The Morgan fingerprint density at radius 1 is 0.857 bits per heavy atom. The van der Waals surface area contributed by atoms with E-state index in [1.165, 1.54) is 63.4 Å². The SMILES string of the molecule is CCCCCCCCCCC(NCC)c1ccc(Cl)cc1. The molecule has 1 nitrogen and oxygen atoms in total. The third-order valence-electron chi connectivity index (χ3n) is 4.07. The van der Waals surface area contributed by atoms with E-state index >= 15 is 0 Å². The van der Waals surface area contributed by atoms with E-state index in [0.717, 1.165) is 11.6 Å². The summed E-state index contributed by atoms with van der Waals surface area (Å²) in [6.07, 6.45) is 12.3. The predicted octanol–water partition coefficient (Wildman–Crippen LogP) is 6.52. The van der Waals surface area contributed by atoms with Gasteiger partial charge in [0, 0.05) is 11.1 Å². The fraction of sp³-hybridized carbons (Fsp3) is 0.684. The van der Waals surface area contributed by atoms with E-state index in [-0.39, 0.29) is 0 Å². The van der Waals surface area contributed by atoms with E-state index in [1.807, 2.05) is 12.1 Å². The molecular weight excluding hydrogens is 278 g/mol. The Hall–Kier alpha value is -0.530. The molecular formula is C19H32ClN. The van der Waals surface area contributed by atoms with Gasteiger partial charge in [0.1, 0.15) is 0 Å². The molecule has 1 aromatic carbocycles. The van der Waals surface area contributed by atoms with Crippen molar-refractivity contribution in [3.63, 3.8) is 0 Å². The molecule has 1 atom stereocenters. The van der Waals surface area contributed by atoms with Crippen LogP contribution in [0.4, 0.5) is 0 Å². The molecule has 1 N–H and O–H groups in total. The molecule has 1 rings (SSSR count). The Bertz CT molecular complexity index is 347. The van der Waals surface area contributed by atoms with Crippen LogP contribution >= 0.6 is 11.6 Å². The van der Waals surface area contributed by atoms with Crippen LogP contribution in [-0.2, 0) is 0 Å². The van der Waals surface area contributed by atoms with Gasteiger partial charge in [-0.3, -0.25) is 0 Å². The van der Waals surface area contributed by atoms with Gasteiger partial charge in [0.25, 0.3) is 0 Å². The topological polar surface area (TPSA) is 12.0 Å². The monoisotopic (exact) mass is 309 g/mol. The van der Waals surface area contributed by atoms with Crippen molar-refractivity contribution in [2.45, 2.75) is 77.7 Å². The molecule has 21 heavy (non-hydrogen) atoms. The highest BCUT2D eigenvalue weighted by Crippen LogP contribution is 2.22. The summed E-state index contributed by atoms with van der Waals surface area (Å²) in [5, 5.41) is 4.41. The summed E-state index contributed by atoms with van der Waals surface area (Å²) in [5.74, 6) is 0. The molecule has 0 radical (unpaired) electrons. The summed E-state index contributed by atoms with van der Waals surface area (Å²) >= 11 is 5.97. The highest BCUT2D eigenvalue weighted by Gasteiger charge is 2.09. The number of halogens is 1. The maximum atomic E-state index is 5.97. The molecule has 0 aliphatic heterocycles. The van der Waals surface area contributed by atoms with Crippen LogP contribution in [0.3, 0.4) is 0 Å². The maximum absolute atomic E-state index is 5.97. The van der Waals surface area contributed by atoms with Crippen LogP contribution in [0.2, 0.25) is 5.02 Å². The Kier molecular flexibility index (Phi) is 10.6. The number of hydrogen-bond acceptors (Lipinski definition) is 1. The molecule has 1 aromatic rings. The van der Waals surface area contributed by atoms with Crippen molar-refractivity contribution in [3.05, 3.63) is 34.9 Å². The molecule has 0 bridgehead atoms. The third kappa shape index (κ3) is 8.48. The fourth-order valence-electron chi connectivity index (χ4n) is 2.81. The van der Waals surface area contributed by atoms with E-state index in [1.54, 1.807) is 0 Å². The van der Waals surface area contributed by atoms with Gasteiger partial charge in [0.2, 0.25) is 0 Å². The second-order valence-corrected chi connectivity index (χ2v) is 6.36. The minimum atomic E-state index is 0.479. The molecule has 0 amide bonds. The molecule has 0 fully saturated rings. The highest BCUT2D eigenvalue weighted by atomic mass is 35.5. The summed E-state index contributed by atoms with van der Waals surface area (Å²) in [5.41, 5.74) is 1.36. The van der Waals surface area contributed by atoms with E-state index in [0.29, 0.717) is 6.04 Å². The quantitative estimate of drug-likeness (QED) is 0.433. The molecule has 120 valence electrons. The van der Waals surface area contributed by atoms with E-state index in [9.17, 15) is 0 Å². The van der Waals surface area contributed by atoms with Gasteiger partial charge in [-0.15, -0.1) is 0 Å². The van der Waals surface area contributed by atoms with Gasteiger partial charge in [0.15, 0.2) is 0 Å². The summed E-state index contributed by atoms with van der Waals surface area (Å²) in [4.78, 5) is 0. The molecule has 1 unspecified atom stereocenters. The predicted molar refractivity (Wildman–Crippen MR) is 95.1 cm³/mol. The average Bonchev–Trinajstić information content (AvgIpc) is 2.50. The van der Waals surface area contributed by atoms with Gasteiger partial charge in [-0.2, -0.15) is 0 Å². The van der Waals surface area contributed by atoms with E-state index in [4.69, 9.17) is 11.6 Å². The lowest BCUT2D eigenvalue weighted by Gasteiger charge is -2.18. The smallest absolute Gasteiger partial charge is 0.0406 e. The first-order valence-corrected chi connectivity index (χ1v) is 9.14. The van der Waals surface area contributed by atoms with Crippen molar-refractivity contribution in [3.8, 4) is 0 Å². The van der Waals surface area contributed by atoms with Crippen molar-refractivity contribution in [2.75, 3.05) is 6.54 Å². The number of benzene rings is 1. The van der Waals surface area contributed by atoms with Crippen LogP contribution in [0.1, 0.15) is 83.2 Å². The highest BCUT2D eigenvalue weighted by molar-refractivity contribution is 6.30. The van der Waals surface area contributed by atoms with Gasteiger partial charge >= 0.3 is 0 Å². The normalized spacial score (nSPS) is 12.5. The zero-order valence-corrected chi connectivity index (χ0v) is 14.6. The molecule has 2 heteroatoms. The van der Waals surface area contributed by atoms with Crippen LogP contribution in [-0.4, -0.2) is 6.54 Å². The van der Waals surface area contributed by atoms with Gasteiger partial charge < -0.3 is 5.32 Å². The Balaban J connectivity index is 2.21. The third-order valence-corrected chi connectivity index (χ3v) is 4.32. The van der Waals surface area contributed by atoms with E-state index in [2.05, 4.69) is 31.3 Å². The van der Waals surface area contributed by atoms with Gasteiger partial charge in [-0.1, -0.05) is 88.9 Å². The molecule has 0 aliphatic carbocycles. The molecule has 0 saturated carbocycles. The Morgan fingerprint density at radius 3 is 2.00 bits per heavy atom. The van der Waals surface area contributed by atoms with Crippen LogP contribution in [0.15, 0.2) is 24.3 Å². The van der Waals surface area contributed by atoms with Crippen molar-refractivity contribution in [1.29, 1.82) is 0 Å². The number of nitrogens with one attached hydrogen (secondary N) is 1. The minimum Gasteiger partial charge on any atom is -0.310 e. The van der Waals surface area contributed by atoms with Crippen LogP contribution < -0.4 is 5.32 Å². The van der Waals surface area contributed by atoms with Crippen LogP contribution in [0.5, 0.6) is 0 Å². The average molecular weight is 310 g/mol. The first kappa shape index (κ1) is 18.5. The molecule has 0 saturated heterocycles. The van der Waals surface area contributed by atoms with Gasteiger partial charge in [0.05, 0.1) is 0 Å². The fourth-order valence-corrected chi connectivity index (χ4v) is 2.94. The van der Waals surface area contributed by atoms with Gasteiger partial charge in [-0.05, 0) is 30.7 Å². The maximum Gasteiger partial charge on any atom is 0.0406 e. The van der Waals surface area contributed by atoms with Crippen molar-refractivity contribution in [1.82, 2.24) is 5.32 Å². The first-order chi connectivity index (χ1) is 10.3. The lowest BCUT2D eigenvalue weighted by molar-refractivity contribution is 0.475. The van der Waals surface area contributed by atoms with Crippen molar-refractivity contribution < 1.29 is 0 Å². The molecule has 0 heterocycles. The Labute approximate surface area is 136 Å². The van der Waals surface area contributed by atoms with Crippen molar-refractivity contribution >= 4 is 11.6 Å². The van der Waals surface area contributed by atoms with Crippen LogP contribution in [0, 0.1) is 0 Å². The number of hydrogen-bond donors (Lipinski definition) is 1.